The molecule has 1 aliphatic rings. The summed E-state index contributed by atoms with van der Waals surface area (Å²) in [6.07, 6.45) is 1.68. The van der Waals surface area contributed by atoms with E-state index in [-0.39, 0.29) is 18.4 Å². The van der Waals surface area contributed by atoms with Gasteiger partial charge in [-0.15, -0.1) is 0 Å². The van der Waals surface area contributed by atoms with E-state index in [0.717, 1.165) is 5.39 Å². The first-order chi connectivity index (χ1) is 11.7. The number of anilines is 2. The highest BCUT2D eigenvalue weighted by Gasteiger charge is 2.22. The zero-order chi connectivity index (χ0) is 16.5. The van der Waals surface area contributed by atoms with Gasteiger partial charge in [0, 0.05) is 11.6 Å². The summed E-state index contributed by atoms with van der Waals surface area (Å²) in [5.74, 6) is -0.135. The van der Waals surface area contributed by atoms with Crippen LogP contribution in [-0.4, -0.2) is 23.4 Å². The molecule has 0 spiro atoms. The van der Waals surface area contributed by atoms with Crippen molar-refractivity contribution in [1.29, 1.82) is 0 Å². The lowest BCUT2D eigenvalue weighted by Gasteiger charge is -2.20. The molecule has 0 radical (unpaired) electrons. The fourth-order valence-corrected chi connectivity index (χ4v) is 2.68. The minimum Gasteiger partial charge on any atom is -0.482 e. The Labute approximate surface area is 137 Å². The van der Waals surface area contributed by atoms with E-state index in [4.69, 9.17) is 4.74 Å². The largest absolute Gasteiger partial charge is 0.482 e. The number of hydrogen-bond donors (Lipinski definition) is 2. The fraction of sp³-hybridized carbons (Fsp3) is 0.0556. The third-order valence-electron chi connectivity index (χ3n) is 3.77. The Morgan fingerprint density at radius 1 is 1.12 bits per heavy atom. The van der Waals surface area contributed by atoms with Crippen molar-refractivity contribution in [2.45, 2.75) is 0 Å². The van der Waals surface area contributed by atoms with Crippen molar-refractivity contribution in [3.8, 4) is 5.75 Å². The van der Waals surface area contributed by atoms with Gasteiger partial charge in [0.25, 0.3) is 11.8 Å². The number of carbonyl (C=O) groups is 2. The van der Waals surface area contributed by atoms with Crippen molar-refractivity contribution in [2.24, 2.45) is 0 Å². The number of rotatable bonds is 2. The van der Waals surface area contributed by atoms with Crippen LogP contribution in [0.3, 0.4) is 0 Å². The standard InChI is InChI=1S/C18H13N3O3/c22-15-10-24-14-8-2-6-12(17(14)21-15)18(23)20-13-7-1-4-11-5-3-9-19-16(11)13/h1-9H,10H2,(H,20,23)(H,21,22). The maximum atomic E-state index is 12.7. The summed E-state index contributed by atoms with van der Waals surface area (Å²) in [6, 6.07) is 14.4. The Morgan fingerprint density at radius 2 is 1.96 bits per heavy atom. The van der Waals surface area contributed by atoms with E-state index in [2.05, 4.69) is 15.6 Å². The molecule has 4 rings (SSSR count). The molecule has 118 valence electrons. The minimum atomic E-state index is -0.337. The van der Waals surface area contributed by atoms with Crippen LogP contribution in [0.25, 0.3) is 10.9 Å². The monoisotopic (exact) mass is 319 g/mol. The average Bonchev–Trinajstić information content (AvgIpc) is 2.61. The van der Waals surface area contributed by atoms with Crippen molar-refractivity contribution < 1.29 is 14.3 Å². The predicted octanol–water partition coefficient (Wildman–Crippen LogP) is 2.82. The molecule has 24 heavy (non-hydrogen) atoms. The molecule has 2 amide bonds. The van der Waals surface area contributed by atoms with Gasteiger partial charge in [0.1, 0.15) is 5.75 Å². The SMILES string of the molecule is O=C1COc2cccc(C(=O)Nc3cccc4cccnc34)c2N1. The Hall–Kier alpha value is -3.41. The zero-order valence-corrected chi connectivity index (χ0v) is 12.6. The van der Waals surface area contributed by atoms with Gasteiger partial charge in [-0.1, -0.05) is 24.3 Å². The predicted molar refractivity (Wildman–Crippen MR) is 90.3 cm³/mol. The summed E-state index contributed by atoms with van der Waals surface area (Å²) in [4.78, 5) is 28.6. The van der Waals surface area contributed by atoms with Crippen LogP contribution in [-0.2, 0) is 4.79 Å². The lowest BCUT2D eigenvalue weighted by atomic mass is 10.1. The van der Waals surface area contributed by atoms with Crippen LogP contribution >= 0.6 is 0 Å². The van der Waals surface area contributed by atoms with Gasteiger partial charge < -0.3 is 15.4 Å². The Balaban J connectivity index is 1.71. The van der Waals surface area contributed by atoms with E-state index in [1.54, 1.807) is 30.5 Å². The van der Waals surface area contributed by atoms with Gasteiger partial charge in [0.15, 0.2) is 6.61 Å². The molecule has 3 aromatic rings. The number of para-hydroxylation sites is 2. The van der Waals surface area contributed by atoms with E-state index < -0.39 is 0 Å². The van der Waals surface area contributed by atoms with Gasteiger partial charge >= 0.3 is 0 Å². The second-order valence-electron chi connectivity index (χ2n) is 5.35. The van der Waals surface area contributed by atoms with Crippen molar-refractivity contribution in [3.63, 3.8) is 0 Å². The molecule has 0 saturated heterocycles. The minimum absolute atomic E-state index is 0.0503. The number of aromatic nitrogens is 1. The second-order valence-corrected chi connectivity index (χ2v) is 5.35. The highest BCUT2D eigenvalue weighted by atomic mass is 16.5. The normalized spacial score (nSPS) is 12.9. The third-order valence-corrected chi connectivity index (χ3v) is 3.77. The van der Waals surface area contributed by atoms with Crippen LogP contribution in [0, 0.1) is 0 Å². The third kappa shape index (κ3) is 2.44. The summed E-state index contributed by atoms with van der Waals surface area (Å²) < 4.78 is 5.34. The van der Waals surface area contributed by atoms with E-state index in [1.807, 2.05) is 24.3 Å². The van der Waals surface area contributed by atoms with Gasteiger partial charge in [0.05, 0.1) is 22.5 Å². The summed E-state index contributed by atoms with van der Waals surface area (Å²) in [7, 11) is 0. The van der Waals surface area contributed by atoms with Crippen LogP contribution in [0.5, 0.6) is 5.75 Å². The van der Waals surface area contributed by atoms with E-state index in [0.29, 0.717) is 28.2 Å². The molecule has 0 fully saturated rings. The number of fused-ring (bicyclic) bond motifs is 2. The van der Waals surface area contributed by atoms with Crippen molar-refractivity contribution >= 4 is 34.1 Å². The van der Waals surface area contributed by atoms with Gasteiger partial charge in [-0.05, 0) is 24.3 Å². The van der Waals surface area contributed by atoms with Crippen LogP contribution in [0.4, 0.5) is 11.4 Å². The maximum Gasteiger partial charge on any atom is 0.262 e. The van der Waals surface area contributed by atoms with Crippen molar-refractivity contribution in [3.05, 3.63) is 60.3 Å². The summed E-state index contributed by atoms with van der Waals surface area (Å²) in [5.41, 5.74) is 2.05. The van der Waals surface area contributed by atoms with E-state index in [9.17, 15) is 9.59 Å². The first-order valence-electron chi connectivity index (χ1n) is 7.43. The first-order valence-corrected chi connectivity index (χ1v) is 7.43. The average molecular weight is 319 g/mol. The molecule has 6 heteroatoms. The summed E-state index contributed by atoms with van der Waals surface area (Å²) in [6.45, 7) is -0.0503. The number of nitrogens with zero attached hydrogens (tertiary/aromatic N) is 1. The van der Waals surface area contributed by atoms with Crippen molar-refractivity contribution in [1.82, 2.24) is 4.98 Å². The molecule has 6 nitrogen and oxygen atoms in total. The summed E-state index contributed by atoms with van der Waals surface area (Å²) >= 11 is 0. The number of pyridine rings is 1. The topological polar surface area (TPSA) is 80.3 Å². The quantitative estimate of drug-likeness (QED) is 0.761. The molecule has 0 unspecified atom stereocenters. The van der Waals surface area contributed by atoms with Gasteiger partial charge in [-0.3, -0.25) is 14.6 Å². The number of ether oxygens (including phenoxy) is 1. The van der Waals surface area contributed by atoms with E-state index >= 15 is 0 Å². The molecular formula is C18H13N3O3. The molecule has 2 heterocycles. The molecule has 0 bridgehead atoms. The summed E-state index contributed by atoms with van der Waals surface area (Å²) in [5, 5.41) is 6.48. The second kappa shape index (κ2) is 5.66. The highest BCUT2D eigenvalue weighted by Crippen LogP contribution is 2.32. The highest BCUT2D eigenvalue weighted by molar-refractivity contribution is 6.13. The Bertz CT molecular complexity index is 963. The van der Waals surface area contributed by atoms with Crippen LogP contribution in [0.1, 0.15) is 10.4 Å². The molecule has 0 aliphatic carbocycles. The lowest BCUT2D eigenvalue weighted by Crippen LogP contribution is -2.27. The number of amides is 2. The van der Waals surface area contributed by atoms with Gasteiger partial charge in [-0.25, -0.2) is 0 Å². The zero-order valence-electron chi connectivity index (χ0n) is 12.6. The molecule has 0 atom stereocenters. The molecule has 2 aromatic carbocycles. The number of carbonyl (C=O) groups excluding carboxylic acids is 2. The number of nitrogens with one attached hydrogen (secondary N) is 2. The molecular weight excluding hydrogens is 306 g/mol. The smallest absolute Gasteiger partial charge is 0.262 e. The first kappa shape index (κ1) is 14.2. The molecule has 1 aromatic heterocycles. The number of benzene rings is 2. The Morgan fingerprint density at radius 3 is 2.88 bits per heavy atom. The van der Waals surface area contributed by atoms with Crippen molar-refractivity contribution in [2.75, 3.05) is 17.2 Å². The molecule has 1 aliphatic heterocycles. The maximum absolute atomic E-state index is 12.7. The van der Waals surface area contributed by atoms with Crippen LogP contribution in [0.15, 0.2) is 54.7 Å². The van der Waals surface area contributed by atoms with Gasteiger partial charge in [-0.2, -0.15) is 0 Å². The van der Waals surface area contributed by atoms with Crippen LogP contribution in [0.2, 0.25) is 0 Å². The van der Waals surface area contributed by atoms with Gasteiger partial charge in [0.2, 0.25) is 0 Å². The van der Waals surface area contributed by atoms with Crippen LogP contribution < -0.4 is 15.4 Å². The fourth-order valence-electron chi connectivity index (χ4n) is 2.68. The van der Waals surface area contributed by atoms with E-state index in [1.165, 1.54) is 0 Å². The lowest BCUT2D eigenvalue weighted by molar-refractivity contribution is -0.118. The number of hydrogen-bond acceptors (Lipinski definition) is 4. The molecule has 0 saturated carbocycles. The molecule has 2 N–H and O–H groups in total. The Kier molecular flexibility index (Phi) is 3.35.